The molecule has 26 heavy (non-hydrogen) atoms. The van der Waals surface area contributed by atoms with Crippen molar-refractivity contribution in [3.8, 4) is 0 Å². The van der Waals surface area contributed by atoms with Gasteiger partial charge in [-0.3, -0.25) is 0 Å². The maximum atomic E-state index is 12.7. The molecule has 0 aliphatic heterocycles. The van der Waals surface area contributed by atoms with Gasteiger partial charge in [0.2, 0.25) is 10.0 Å². The van der Waals surface area contributed by atoms with Crippen molar-refractivity contribution in [2.24, 2.45) is 0 Å². The normalized spacial score (nSPS) is 12.5. The number of nitrogens with zero attached hydrogens (tertiary/aromatic N) is 2. The Bertz CT molecular complexity index is 1250. The standard InChI is InChI=1S/C19H15ClN2O2S2/c1-13-21-17-6-4-14(11-19(17)25-13)3-2-10-26(23,24)22-9-8-15-12-16(20)5-7-18(15)22/h2-9,11-12H,10H2,1H3. The third-order valence-electron chi connectivity index (χ3n) is 4.05. The number of aromatic nitrogens is 2. The number of benzene rings is 2. The lowest BCUT2D eigenvalue weighted by atomic mass is 10.2. The van der Waals surface area contributed by atoms with Gasteiger partial charge in [-0.15, -0.1) is 11.3 Å². The molecule has 4 nitrogen and oxygen atoms in total. The summed E-state index contributed by atoms with van der Waals surface area (Å²) in [4.78, 5) is 4.43. The van der Waals surface area contributed by atoms with Crippen LogP contribution in [0.4, 0.5) is 0 Å². The van der Waals surface area contributed by atoms with E-state index < -0.39 is 10.0 Å². The first-order valence-electron chi connectivity index (χ1n) is 7.96. The summed E-state index contributed by atoms with van der Waals surface area (Å²) < 4.78 is 27.7. The molecule has 0 amide bonds. The topological polar surface area (TPSA) is 52.0 Å². The largest absolute Gasteiger partial charge is 0.245 e. The number of hydrogen-bond donors (Lipinski definition) is 0. The van der Waals surface area contributed by atoms with E-state index in [1.807, 2.05) is 31.2 Å². The molecule has 0 spiro atoms. The fourth-order valence-corrected chi connectivity index (χ4v) is 5.14. The number of fused-ring (bicyclic) bond motifs is 2. The van der Waals surface area contributed by atoms with Gasteiger partial charge in [0.1, 0.15) is 0 Å². The van der Waals surface area contributed by atoms with Crippen molar-refractivity contribution >= 4 is 60.2 Å². The van der Waals surface area contributed by atoms with Gasteiger partial charge >= 0.3 is 0 Å². The second-order valence-electron chi connectivity index (χ2n) is 5.96. The van der Waals surface area contributed by atoms with Crippen molar-refractivity contribution < 1.29 is 8.42 Å². The lowest BCUT2D eigenvalue weighted by molar-refractivity contribution is 0.592. The number of hydrogen-bond acceptors (Lipinski definition) is 4. The van der Waals surface area contributed by atoms with Crippen molar-refractivity contribution in [3.63, 3.8) is 0 Å². The van der Waals surface area contributed by atoms with E-state index >= 15 is 0 Å². The zero-order valence-electron chi connectivity index (χ0n) is 13.9. The van der Waals surface area contributed by atoms with Crippen molar-refractivity contribution in [1.29, 1.82) is 0 Å². The van der Waals surface area contributed by atoms with Crippen LogP contribution in [-0.2, 0) is 10.0 Å². The van der Waals surface area contributed by atoms with E-state index in [0.717, 1.165) is 26.2 Å². The van der Waals surface area contributed by atoms with Gasteiger partial charge < -0.3 is 0 Å². The molecule has 0 aliphatic rings. The molecular weight excluding hydrogens is 388 g/mol. The van der Waals surface area contributed by atoms with Crippen molar-refractivity contribution in [2.45, 2.75) is 6.92 Å². The Hall–Kier alpha value is -2.15. The Morgan fingerprint density at radius 1 is 1.19 bits per heavy atom. The van der Waals surface area contributed by atoms with Crippen LogP contribution in [0.2, 0.25) is 5.02 Å². The van der Waals surface area contributed by atoms with Gasteiger partial charge in [-0.1, -0.05) is 29.8 Å². The van der Waals surface area contributed by atoms with Crippen molar-refractivity contribution in [3.05, 3.63) is 70.3 Å². The van der Waals surface area contributed by atoms with Crippen LogP contribution in [-0.4, -0.2) is 23.1 Å². The summed E-state index contributed by atoms with van der Waals surface area (Å²) in [6.45, 7) is 1.97. The Morgan fingerprint density at radius 3 is 2.88 bits per heavy atom. The lowest BCUT2D eigenvalue weighted by Crippen LogP contribution is -2.14. The van der Waals surface area contributed by atoms with E-state index in [0.29, 0.717) is 10.5 Å². The first-order chi connectivity index (χ1) is 12.4. The van der Waals surface area contributed by atoms with Crippen LogP contribution in [0.25, 0.3) is 27.2 Å². The molecule has 0 saturated carbocycles. The van der Waals surface area contributed by atoms with Crippen molar-refractivity contribution in [2.75, 3.05) is 5.75 Å². The average molecular weight is 403 g/mol. The van der Waals surface area contributed by atoms with Crippen LogP contribution in [0, 0.1) is 6.92 Å². The van der Waals surface area contributed by atoms with E-state index in [9.17, 15) is 8.42 Å². The Kier molecular flexibility index (Phi) is 4.34. The molecule has 4 rings (SSSR count). The second kappa shape index (κ2) is 6.54. The first kappa shape index (κ1) is 17.3. The van der Waals surface area contributed by atoms with Gasteiger partial charge in [-0.25, -0.2) is 17.4 Å². The molecule has 0 aliphatic carbocycles. The van der Waals surface area contributed by atoms with Gasteiger partial charge in [0.15, 0.2) is 0 Å². The first-order valence-corrected chi connectivity index (χ1v) is 10.8. The number of rotatable bonds is 4. The molecule has 132 valence electrons. The summed E-state index contributed by atoms with van der Waals surface area (Å²) in [5, 5.41) is 2.40. The zero-order valence-corrected chi connectivity index (χ0v) is 16.3. The summed E-state index contributed by atoms with van der Waals surface area (Å²) >= 11 is 7.59. The second-order valence-corrected chi connectivity index (χ2v) is 9.52. The third-order valence-corrected chi connectivity index (χ3v) is 6.75. The SMILES string of the molecule is Cc1nc2ccc(C=CCS(=O)(=O)n3ccc4cc(Cl)ccc43)cc2s1. The quantitative estimate of drug-likeness (QED) is 0.477. The lowest BCUT2D eigenvalue weighted by Gasteiger charge is -2.05. The van der Waals surface area contributed by atoms with E-state index in [4.69, 9.17) is 11.6 Å². The molecule has 2 aromatic carbocycles. The van der Waals surface area contributed by atoms with Gasteiger partial charge in [0, 0.05) is 16.6 Å². The highest BCUT2D eigenvalue weighted by molar-refractivity contribution is 7.90. The molecule has 0 N–H and O–H groups in total. The summed E-state index contributed by atoms with van der Waals surface area (Å²) in [5.74, 6) is -0.0842. The predicted octanol–water partition coefficient (Wildman–Crippen LogP) is 5.10. The maximum Gasteiger partial charge on any atom is 0.242 e. The minimum atomic E-state index is -3.49. The zero-order chi connectivity index (χ0) is 18.3. The molecule has 0 radical (unpaired) electrons. The van der Waals surface area contributed by atoms with E-state index in [1.54, 1.807) is 47.9 Å². The minimum Gasteiger partial charge on any atom is -0.245 e. The molecule has 2 aromatic heterocycles. The predicted molar refractivity (Wildman–Crippen MR) is 110 cm³/mol. The van der Waals surface area contributed by atoms with E-state index in [2.05, 4.69) is 4.98 Å². The van der Waals surface area contributed by atoms with Crippen LogP contribution >= 0.6 is 22.9 Å². The van der Waals surface area contributed by atoms with Gasteiger partial charge in [-0.2, -0.15) is 0 Å². The Labute approximate surface area is 160 Å². The van der Waals surface area contributed by atoms with E-state index in [-0.39, 0.29) is 5.75 Å². The minimum absolute atomic E-state index is 0.0842. The average Bonchev–Trinajstić information content (AvgIpc) is 3.16. The van der Waals surface area contributed by atoms with Gasteiger partial charge in [0.25, 0.3) is 0 Å². The Balaban J connectivity index is 1.59. The van der Waals surface area contributed by atoms with E-state index in [1.165, 1.54) is 3.97 Å². The third kappa shape index (κ3) is 3.28. The fraction of sp³-hybridized carbons (Fsp3) is 0.105. The number of thiazole rings is 1. The Morgan fingerprint density at radius 2 is 2.04 bits per heavy atom. The van der Waals surface area contributed by atoms with Crippen LogP contribution in [0.5, 0.6) is 0 Å². The molecule has 2 heterocycles. The number of halogens is 1. The molecule has 0 fully saturated rings. The number of aryl methyl sites for hydroxylation is 1. The van der Waals surface area contributed by atoms with Crippen molar-refractivity contribution in [1.82, 2.24) is 8.96 Å². The monoisotopic (exact) mass is 402 g/mol. The van der Waals surface area contributed by atoms with Crippen LogP contribution in [0.3, 0.4) is 0 Å². The molecule has 0 saturated heterocycles. The van der Waals surface area contributed by atoms with Crippen LogP contribution < -0.4 is 0 Å². The summed E-state index contributed by atoms with van der Waals surface area (Å²) in [7, 11) is -3.49. The maximum absolute atomic E-state index is 12.7. The summed E-state index contributed by atoms with van der Waals surface area (Å²) in [6.07, 6.45) is 5.07. The highest BCUT2D eigenvalue weighted by Gasteiger charge is 2.14. The molecule has 0 atom stereocenters. The van der Waals surface area contributed by atoms with Gasteiger partial charge in [-0.05, 0) is 48.9 Å². The summed E-state index contributed by atoms with van der Waals surface area (Å²) in [6, 6.07) is 12.8. The molecule has 0 bridgehead atoms. The highest BCUT2D eigenvalue weighted by atomic mass is 35.5. The smallest absolute Gasteiger partial charge is 0.242 e. The molecule has 4 aromatic rings. The fourth-order valence-electron chi connectivity index (χ4n) is 2.88. The molecule has 0 unspecified atom stereocenters. The van der Waals surface area contributed by atoms with Gasteiger partial charge in [0.05, 0.1) is 26.5 Å². The van der Waals surface area contributed by atoms with Crippen LogP contribution in [0.1, 0.15) is 10.6 Å². The highest BCUT2D eigenvalue weighted by Crippen LogP contribution is 2.24. The summed E-state index contributed by atoms with van der Waals surface area (Å²) in [5.41, 5.74) is 2.56. The molecule has 7 heteroatoms. The van der Waals surface area contributed by atoms with Crippen LogP contribution in [0.15, 0.2) is 54.7 Å². The molecular formula is C19H15ClN2O2S2.